The highest BCUT2D eigenvalue weighted by atomic mass is 32.1. The van der Waals surface area contributed by atoms with Crippen LogP contribution in [0.2, 0.25) is 0 Å². The third-order valence-electron chi connectivity index (χ3n) is 4.43. The molecule has 5 rings (SSSR count). The Morgan fingerprint density at radius 3 is 2.70 bits per heavy atom. The van der Waals surface area contributed by atoms with Crippen LogP contribution in [0, 0.1) is 0 Å². The lowest BCUT2D eigenvalue weighted by atomic mass is 10.2. The summed E-state index contributed by atoms with van der Waals surface area (Å²) in [5.41, 5.74) is 3.39. The number of hydrogen-bond donors (Lipinski definition) is 2. The van der Waals surface area contributed by atoms with Crippen molar-refractivity contribution in [1.29, 1.82) is 0 Å². The molecular weight excluding hydrogens is 400 g/mol. The molecule has 2 aromatic carbocycles. The molecule has 0 aliphatic carbocycles. The molecule has 0 aliphatic heterocycles. The topological polar surface area (TPSA) is 93.2 Å². The van der Waals surface area contributed by atoms with Crippen LogP contribution in [0.1, 0.15) is 10.6 Å². The zero-order valence-electron chi connectivity index (χ0n) is 15.5. The van der Waals surface area contributed by atoms with Crippen molar-refractivity contribution in [3.8, 4) is 11.5 Å². The largest absolute Gasteiger partial charge is 0.451 e. The summed E-state index contributed by atoms with van der Waals surface area (Å²) in [5.74, 6) is 0.245. The molecule has 0 spiro atoms. The maximum atomic E-state index is 12.4. The van der Waals surface area contributed by atoms with Gasteiger partial charge in [-0.3, -0.25) is 15.1 Å². The van der Waals surface area contributed by atoms with Crippen LogP contribution in [-0.2, 0) is 0 Å². The van der Waals surface area contributed by atoms with Gasteiger partial charge in [0, 0.05) is 23.5 Å². The molecule has 8 heteroatoms. The van der Waals surface area contributed by atoms with Crippen molar-refractivity contribution in [2.75, 3.05) is 5.32 Å². The summed E-state index contributed by atoms with van der Waals surface area (Å²) in [5, 5.41) is 6.60. The number of anilines is 1. The van der Waals surface area contributed by atoms with Crippen molar-refractivity contribution in [3.05, 3.63) is 78.8 Å². The summed E-state index contributed by atoms with van der Waals surface area (Å²) in [7, 11) is 0. The first-order valence-electron chi connectivity index (χ1n) is 9.08. The molecule has 0 saturated heterocycles. The Bertz CT molecular complexity index is 1360. The average Bonchev–Trinajstić information content (AvgIpc) is 3.38. The number of rotatable bonds is 3. The quantitative estimate of drug-likeness (QED) is 0.411. The summed E-state index contributed by atoms with van der Waals surface area (Å²) < 4.78 is 11.3. The third-order valence-corrected chi connectivity index (χ3v) is 4.63. The van der Waals surface area contributed by atoms with Gasteiger partial charge in [0.05, 0.1) is 5.56 Å². The van der Waals surface area contributed by atoms with Gasteiger partial charge >= 0.3 is 0 Å². The molecule has 0 aliphatic rings. The zero-order chi connectivity index (χ0) is 20.5. The minimum absolute atomic E-state index is 0.149. The van der Waals surface area contributed by atoms with Crippen molar-refractivity contribution < 1.29 is 13.6 Å². The number of thiocarbonyl (C=S) groups is 1. The van der Waals surface area contributed by atoms with E-state index in [2.05, 4.69) is 20.6 Å². The summed E-state index contributed by atoms with van der Waals surface area (Å²) in [4.78, 5) is 21.0. The van der Waals surface area contributed by atoms with Gasteiger partial charge in [-0.15, -0.1) is 0 Å². The minimum atomic E-state index is -0.426. The number of fused-ring (bicyclic) bond motifs is 2. The van der Waals surface area contributed by atoms with E-state index >= 15 is 0 Å². The van der Waals surface area contributed by atoms with Crippen LogP contribution in [0.25, 0.3) is 33.5 Å². The molecule has 7 nitrogen and oxygen atoms in total. The van der Waals surface area contributed by atoms with Gasteiger partial charge in [-0.1, -0.05) is 18.2 Å². The molecule has 0 atom stereocenters. The number of benzene rings is 2. The molecule has 1 amide bonds. The number of para-hydroxylation sites is 1. The predicted molar refractivity (Wildman–Crippen MR) is 117 cm³/mol. The van der Waals surface area contributed by atoms with Crippen molar-refractivity contribution in [2.24, 2.45) is 0 Å². The number of hydrogen-bond acceptors (Lipinski definition) is 6. The van der Waals surface area contributed by atoms with Crippen molar-refractivity contribution in [3.63, 3.8) is 0 Å². The van der Waals surface area contributed by atoms with Crippen LogP contribution >= 0.6 is 12.2 Å². The van der Waals surface area contributed by atoms with Crippen LogP contribution < -0.4 is 10.6 Å². The number of nitrogens with one attached hydrogen (secondary N) is 2. The molecule has 0 saturated carbocycles. The van der Waals surface area contributed by atoms with E-state index in [1.165, 1.54) is 0 Å². The van der Waals surface area contributed by atoms with Gasteiger partial charge in [-0.25, -0.2) is 4.98 Å². The Hall–Kier alpha value is -4.04. The fourth-order valence-electron chi connectivity index (χ4n) is 3.04. The fourth-order valence-corrected chi connectivity index (χ4v) is 3.25. The van der Waals surface area contributed by atoms with Gasteiger partial charge in [-0.05, 0) is 54.7 Å². The Kier molecular flexibility index (Phi) is 4.45. The molecular formula is C22H14N4O3S. The third kappa shape index (κ3) is 3.51. The van der Waals surface area contributed by atoms with Crippen molar-refractivity contribution in [2.45, 2.75) is 0 Å². The van der Waals surface area contributed by atoms with Crippen LogP contribution in [-0.4, -0.2) is 21.0 Å². The number of amides is 1. The van der Waals surface area contributed by atoms with Crippen LogP contribution in [0.3, 0.4) is 0 Å². The zero-order valence-corrected chi connectivity index (χ0v) is 16.3. The molecule has 5 aromatic rings. The van der Waals surface area contributed by atoms with Crippen molar-refractivity contribution in [1.82, 2.24) is 15.3 Å². The molecule has 30 heavy (non-hydrogen) atoms. The smallest absolute Gasteiger partial charge is 0.293 e. The van der Waals surface area contributed by atoms with Crippen LogP contribution in [0.15, 0.2) is 81.9 Å². The monoisotopic (exact) mass is 414 g/mol. The van der Waals surface area contributed by atoms with E-state index in [9.17, 15) is 4.79 Å². The first-order valence-corrected chi connectivity index (χ1v) is 9.48. The molecule has 0 bridgehead atoms. The van der Waals surface area contributed by atoms with Gasteiger partial charge < -0.3 is 14.2 Å². The molecule has 0 radical (unpaired) electrons. The number of carbonyl (C=O) groups is 1. The Balaban J connectivity index is 1.31. The van der Waals surface area contributed by atoms with E-state index in [1.807, 2.05) is 30.3 Å². The Morgan fingerprint density at radius 2 is 1.87 bits per heavy atom. The fraction of sp³-hybridized carbons (Fsp3) is 0. The maximum Gasteiger partial charge on any atom is 0.293 e. The molecule has 3 aromatic heterocycles. The van der Waals surface area contributed by atoms with Crippen LogP contribution in [0.4, 0.5) is 5.69 Å². The van der Waals surface area contributed by atoms with E-state index in [-0.39, 0.29) is 10.9 Å². The first-order chi connectivity index (χ1) is 14.7. The highest BCUT2D eigenvalue weighted by Gasteiger charge is 2.14. The predicted octanol–water partition coefficient (Wildman–Crippen LogP) is 4.76. The van der Waals surface area contributed by atoms with Crippen molar-refractivity contribution >= 4 is 51.0 Å². The normalized spacial score (nSPS) is 10.9. The molecule has 2 N–H and O–H groups in total. The summed E-state index contributed by atoms with van der Waals surface area (Å²) in [6.07, 6.45) is 3.38. The Morgan fingerprint density at radius 1 is 0.967 bits per heavy atom. The van der Waals surface area contributed by atoms with E-state index in [1.54, 1.807) is 42.7 Å². The van der Waals surface area contributed by atoms with E-state index < -0.39 is 5.91 Å². The van der Waals surface area contributed by atoms with Gasteiger partial charge in [0.2, 0.25) is 5.89 Å². The second kappa shape index (κ2) is 7.41. The summed E-state index contributed by atoms with van der Waals surface area (Å²) >= 11 is 5.26. The number of furan rings is 1. The lowest BCUT2D eigenvalue weighted by Crippen LogP contribution is -2.33. The van der Waals surface area contributed by atoms with E-state index in [0.717, 1.165) is 10.9 Å². The number of oxazole rings is 1. The van der Waals surface area contributed by atoms with Gasteiger partial charge in [-0.2, -0.15) is 0 Å². The minimum Gasteiger partial charge on any atom is -0.451 e. The number of nitrogens with zero attached hydrogens (tertiary/aromatic N) is 2. The van der Waals surface area contributed by atoms with Gasteiger partial charge in [0.1, 0.15) is 11.1 Å². The van der Waals surface area contributed by atoms with Gasteiger partial charge in [0.25, 0.3) is 5.91 Å². The molecule has 0 fully saturated rings. The summed E-state index contributed by atoms with van der Waals surface area (Å²) in [6, 6.07) is 18.1. The standard InChI is InChI=1S/C22H14N4O3S/c27-20(19-10-13-4-1-2-6-17(13)28-19)26-22(30)24-15-7-8-18-16(11-15)25-21(29-18)14-5-3-9-23-12-14/h1-12H,(H2,24,26,27,30). The number of pyridine rings is 1. The number of aromatic nitrogens is 2. The lowest BCUT2D eigenvalue weighted by molar-refractivity contribution is 0.0953. The molecule has 3 heterocycles. The summed E-state index contributed by atoms with van der Waals surface area (Å²) in [6.45, 7) is 0. The lowest BCUT2D eigenvalue weighted by Gasteiger charge is -2.08. The first kappa shape index (κ1) is 18.0. The van der Waals surface area contributed by atoms with Gasteiger partial charge in [0.15, 0.2) is 16.5 Å². The maximum absolute atomic E-state index is 12.4. The SMILES string of the molecule is O=C(NC(=S)Nc1ccc2oc(-c3cccnc3)nc2c1)c1cc2ccccc2o1. The highest BCUT2D eigenvalue weighted by Crippen LogP contribution is 2.25. The second-order valence-corrected chi connectivity index (χ2v) is 6.91. The second-order valence-electron chi connectivity index (χ2n) is 6.50. The van der Waals surface area contributed by atoms with E-state index in [4.69, 9.17) is 21.1 Å². The van der Waals surface area contributed by atoms with Crippen LogP contribution in [0.5, 0.6) is 0 Å². The highest BCUT2D eigenvalue weighted by molar-refractivity contribution is 7.80. The Labute approximate surface area is 175 Å². The molecule has 0 unspecified atom stereocenters. The van der Waals surface area contributed by atoms with E-state index in [0.29, 0.717) is 28.3 Å². The molecule has 146 valence electrons. The average molecular weight is 414 g/mol. The number of carbonyl (C=O) groups excluding carboxylic acids is 1.